The van der Waals surface area contributed by atoms with E-state index in [2.05, 4.69) is 72.8 Å². The number of aromatic nitrogens is 3. The van der Waals surface area contributed by atoms with Gasteiger partial charge in [-0.1, -0.05) is 91.0 Å². The lowest BCUT2D eigenvalue weighted by molar-refractivity contribution is 0.546. The molecule has 0 fully saturated rings. The number of benzene rings is 6. The Labute approximate surface area is 291 Å². The van der Waals surface area contributed by atoms with Crippen molar-refractivity contribution in [2.45, 2.75) is 12.8 Å². The number of fused-ring (bicyclic) bond motifs is 9. The smallest absolute Gasteiger partial charge is 0.164 e. The third kappa shape index (κ3) is 4.46. The highest BCUT2D eigenvalue weighted by molar-refractivity contribution is 6.14. The van der Waals surface area contributed by atoms with Gasteiger partial charge in [-0.25, -0.2) is 15.0 Å². The molecule has 0 unspecified atom stereocenters. The Morgan fingerprint density at radius 1 is 0.431 bits per heavy atom. The maximum Gasteiger partial charge on any atom is 0.164 e. The molecule has 0 spiro atoms. The molecular weight excluding hydrogens is 631 g/mol. The van der Waals surface area contributed by atoms with Gasteiger partial charge in [0.05, 0.1) is 0 Å². The first kappa shape index (κ1) is 28.1. The fourth-order valence-electron chi connectivity index (χ4n) is 7.54. The van der Waals surface area contributed by atoms with Crippen LogP contribution < -0.4 is 0 Å². The SMILES string of the molecule is C1=Cc2c(oc3cc(-c4nc(-c5ccccc5)nc(-c5ccc6c(c5)oc5ccc(-c7cccc8oc9ccccc9c78)cc56)n4)ccc23)CC1. The van der Waals surface area contributed by atoms with E-state index in [9.17, 15) is 0 Å². The molecule has 0 bridgehead atoms. The maximum atomic E-state index is 6.46. The average Bonchev–Trinajstić information content (AvgIpc) is 3.88. The van der Waals surface area contributed by atoms with Gasteiger partial charge >= 0.3 is 0 Å². The zero-order valence-electron chi connectivity index (χ0n) is 27.3. The zero-order chi connectivity index (χ0) is 33.5. The molecule has 0 amide bonds. The molecule has 10 aromatic rings. The number of rotatable bonds is 4. The van der Waals surface area contributed by atoms with Crippen LogP contribution in [0.1, 0.15) is 17.7 Å². The van der Waals surface area contributed by atoms with Crippen molar-refractivity contribution in [2.75, 3.05) is 0 Å². The summed E-state index contributed by atoms with van der Waals surface area (Å²) in [4.78, 5) is 14.9. The minimum Gasteiger partial charge on any atom is -0.460 e. The van der Waals surface area contributed by atoms with E-state index in [1.165, 1.54) is 5.56 Å². The van der Waals surface area contributed by atoms with Crippen LogP contribution in [-0.4, -0.2) is 15.0 Å². The molecule has 0 atom stereocenters. The molecule has 0 N–H and O–H groups in total. The normalized spacial score (nSPS) is 12.9. The molecule has 6 aromatic carbocycles. The Balaban J connectivity index is 1.04. The topological polar surface area (TPSA) is 78.1 Å². The van der Waals surface area contributed by atoms with Crippen molar-refractivity contribution in [1.82, 2.24) is 15.0 Å². The molecule has 4 heterocycles. The van der Waals surface area contributed by atoms with Crippen molar-refractivity contribution >= 4 is 60.9 Å². The van der Waals surface area contributed by atoms with Gasteiger partial charge in [0.2, 0.25) is 0 Å². The lowest BCUT2D eigenvalue weighted by atomic mass is 9.98. The third-order valence-corrected chi connectivity index (χ3v) is 10.00. The van der Waals surface area contributed by atoms with Crippen LogP contribution in [0.25, 0.3) is 106 Å². The number of para-hydroxylation sites is 1. The molecular formula is C45H27N3O3. The molecule has 0 saturated carbocycles. The van der Waals surface area contributed by atoms with Crippen LogP contribution in [0.2, 0.25) is 0 Å². The monoisotopic (exact) mass is 657 g/mol. The highest BCUT2D eigenvalue weighted by Crippen LogP contribution is 2.40. The Bertz CT molecular complexity index is 3040. The van der Waals surface area contributed by atoms with Gasteiger partial charge in [0.15, 0.2) is 17.5 Å². The molecule has 4 aromatic heterocycles. The predicted octanol–water partition coefficient (Wildman–Crippen LogP) is 12.0. The van der Waals surface area contributed by atoms with Crippen molar-refractivity contribution in [3.05, 3.63) is 145 Å². The summed E-state index contributed by atoms with van der Waals surface area (Å²) in [5.41, 5.74) is 10.2. The summed E-state index contributed by atoms with van der Waals surface area (Å²) in [7, 11) is 0. The van der Waals surface area contributed by atoms with E-state index in [1.54, 1.807) is 0 Å². The molecule has 1 aliphatic rings. The molecule has 6 nitrogen and oxygen atoms in total. The lowest BCUT2D eigenvalue weighted by Gasteiger charge is -2.08. The van der Waals surface area contributed by atoms with Gasteiger partial charge in [0.1, 0.15) is 33.7 Å². The van der Waals surface area contributed by atoms with Crippen LogP contribution in [-0.2, 0) is 6.42 Å². The number of hydrogen-bond donors (Lipinski definition) is 0. The second-order valence-electron chi connectivity index (χ2n) is 13.1. The summed E-state index contributed by atoms with van der Waals surface area (Å²) in [5.74, 6) is 2.79. The van der Waals surface area contributed by atoms with Crippen molar-refractivity contribution < 1.29 is 13.3 Å². The minimum absolute atomic E-state index is 0.571. The standard InChI is InChI=1S/C45H27N3O3/c1-2-9-26(10-3-1)43-46-44(28-17-20-32-31-11-4-6-14-36(31)50-40(32)24-28)48-45(47-43)29-18-21-33-35-23-27(19-22-38(35)51-41(33)25-29)30-13-8-16-39-42(30)34-12-5-7-15-37(34)49-39/h1-5,7-13,15-25H,6,14H2. The number of furan rings is 3. The molecule has 51 heavy (non-hydrogen) atoms. The number of allylic oxidation sites excluding steroid dienone is 1. The van der Waals surface area contributed by atoms with Crippen LogP contribution in [0.4, 0.5) is 0 Å². The van der Waals surface area contributed by atoms with Gasteiger partial charge in [-0.2, -0.15) is 0 Å². The van der Waals surface area contributed by atoms with Gasteiger partial charge in [0.25, 0.3) is 0 Å². The minimum atomic E-state index is 0.571. The van der Waals surface area contributed by atoms with Crippen molar-refractivity contribution in [3.63, 3.8) is 0 Å². The third-order valence-electron chi connectivity index (χ3n) is 10.00. The lowest BCUT2D eigenvalue weighted by Crippen LogP contribution is -2.00. The predicted molar refractivity (Wildman–Crippen MR) is 203 cm³/mol. The Morgan fingerprint density at radius 2 is 1.10 bits per heavy atom. The summed E-state index contributed by atoms with van der Waals surface area (Å²) < 4.78 is 18.9. The van der Waals surface area contributed by atoms with Crippen molar-refractivity contribution in [2.24, 2.45) is 0 Å². The molecule has 0 radical (unpaired) electrons. The fraction of sp³-hybridized carbons (Fsp3) is 0.0444. The molecule has 6 heteroatoms. The highest BCUT2D eigenvalue weighted by Gasteiger charge is 2.19. The summed E-state index contributed by atoms with van der Waals surface area (Å²) in [6, 6.07) is 43.3. The maximum absolute atomic E-state index is 6.46. The van der Waals surface area contributed by atoms with Crippen molar-refractivity contribution in [1.29, 1.82) is 0 Å². The van der Waals surface area contributed by atoms with Crippen LogP contribution >= 0.6 is 0 Å². The van der Waals surface area contributed by atoms with Gasteiger partial charge in [-0.3, -0.25) is 0 Å². The Morgan fingerprint density at radius 3 is 1.94 bits per heavy atom. The largest absolute Gasteiger partial charge is 0.460 e. The average molecular weight is 658 g/mol. The number of hydrogen-bond acceptors (Lipinski definition) is 6. The summed E-state index contributed by atoms with van der Waals surface area (Å²) in [6.45, 7) is 0. The van der Waals surface area contributed by atoms with Crippen LogP contribution in [0.15, 0.2) is 147 Å². The van der Waals surface area contributed by atoms with Gasteiger partial charge in [-0.05, 0) is 66.1 Å². The summed E-state index contributed by atoms with van der Waals surface area (Å²) in [6.07, 6.45) is 6.27. The molecule has 11 rings (SSSR count). The molecule has 0 aliphatic heterocycles. The Kier molecular flexibility index (Phi) is 5.98. The van der Waals surface area contributed by atoms with Gasteiger partial charge in [0, 0.05) is 55.6 Å². The zero-order valence-corrected chi connectivity index (χ0v) is 27.3. The van der Waals surface area contributed by atoms with E-state index < -0.39 is 0 Å². The summed E-state index contributed by atoms with van der Waals surface area (Å²) >= 11 is 0. The van der Waals surface area contributed by atoms with Crippen molar-refractivity contribution in [3.8, 4) is 45.3 Å². The second-order valence-corrected chi connectivity index (χ2v) is 13.1. The fourth-order valence-corrected chi connectivity index (χ4v) is 7.54. The van der Waals surface area contributed by atoms with Crippen LogP contribution in [0, 0.1) is 0 Å². The van der Waals surface area contributed by atoms with E-state index in [1.807, 2.05) is 66.7 Å². The number of aryl methyl sites for hydroxylation is 1. The van der Waals surface area contributed by atoms with E-state index >= 15 is 0 Å². The first-order chi connectivity index (χ1) is 25.2. The summed E-state index contributed by atoms with van der Waals surface area (Å²) in [5, 5.41) is 5.40. The highest BCUT2D eigenvalue weighted by atomic mass is 16.3. The first-order valence-electron chi connectivity index (χ1n) is 17.1. The number of nitrogens with zero attached hydrogens (tertiary/aromatic N) is 3. The van der Waals surface area contributed by atoms with Gasteiger partial charge < -0.3 is 13.3 Å². The van der Waals surface area contributed by atoms with Crippen LogP contribution in [0.3, 0.4) is 0 Å². The molecule has 0 saturated heterocycles. The van der Waals surface area contributed by atoms with E-state index in [0.29, 0.717) is 17.5 Å². The molecule has 240 valence electrons. The van der Waals surface area contributed by atoms with Gasteiger partial charge in [-0.15, -0.1) is 0 Å². The van der Waals surface area contributed by atoms with E-state index in [4.69, 9.17) is 28.2 Å². The second kappa shape index (κ2) is 10.9. The first-order valence-corrected chi connectivity index (χ1v) is 17.1. The van der Waals surface area contributed by atoms with E-state index in [-0.39, 0.29) is 0 Å². The Hall–Kier alpha value is -6.79. The quantitative estimate of drug-likeness (QED) is 0.187. The van der Waals surface area contributed by atoms with Crippen LogP contribution in [0.5, 0.6) is 0 Å². The van der Waals surface area contributed by atoms with E-state index in [0.717, 1.165) is 101 Å². The molecule has 1 aliphatic carbocycles.